The number of carbonyl (C=O) groups is 1. The third kappa shape index (κ3) is 5.01. The fourth-order valence-electron chi connectivity index (χ4n) is 1.40. The Morgan fingerprint density at radius 3 is 2.79 bits per heavy atom. The molecule has 0 saturated heterocycles. The molecule has 0 aromatic heterocycles. The van der Waals surface area contributed by atoms with E-state index in [1.165, 1.54) is 13.2 Å². The molecule has 0 bridgehead atoms. The maximum Gasteiger partial charge on any atom is 0.330 e. The lowest BCUT2D eigenvalue weighted by atomic mass is 10.2. The van der Waals surface area contributed by atoms with Gasteiger partial charge in [0.05, 0.1) is 20.3 Å². The van der Waals surface area contributed by atoms with Crippen LogP contribution in [0.15, 0.2) is 30.4 Å². The number of hydrogen-bond donors (Lipinski definition) is 1. The van der Waals surface area contributed by atoms with Crippen LogP contribution in [0.25, 0.3) is 0 Å². The summed E-state index contributed by atoms with van der Waals surface area (Å²) in [6, 6.07) is 5.15. The van der Waals surface area contributed by atoms with E-state index in [1.807, 2.05) is 0 Å². The van der Waals surface area contributed by atoms with Crippen LogP contribution in [0.1, 0.15) is 12.5 Å². The van der Waals surface area contributed by atoms with E-state index < -0.39 is 5.97 Å². The summed E-state index contributed by atoms with van der Waals surface area (Å²) in [4.78, 5) is 11.0. The zero-order valence-corrected chi connectivity index (χ0v) is 11.1. The van der Waals surface area contributed by atoms with Gasteiger partial charge >= 0.3 is 5.97 Å². The molecule has 0 heterocycles. The fraction of sp³-hybridized carbons (Fsp3) is 0.357. The molecule has 1 N–H and O–H groups in total. The average Bonchev–Trinajstić information content (AvgIpc) is 2.44. The van der Waals surface area contributed by atoms with E-state index in [0.29, 0.717) is 18.1 Å². The molecule has 0 aliphatic heterocycles. The molecular formula is C14H18O5. The summed E-state index contributed by atoms with van der Waals surface area (Å²) in [5, 5.41) is 9.02. The molecule has 0 aliphatic rings. The second-order valence-electron chi connectivity index (χ2n) is 3.61. The van der Waals surface area contributed by atoms with Crippen molar-refractivity contribution in [1.82, 2.24) is 0 Å². The predicted molar refractivity (Wildman–Crippen MR) is 70.2 cm³/mol. The van der Waals surface area contributed by atoms with Gasteiger partial charge in [-0.25, -0.2) is 4.79 Å². The lowest BCUT2D eigenvalue weighted by Gasteiger charge is -2.10. The highest BCUT2D eigenvalue weighted by Gasteiger charge is 2.04. The van der Waals surface area contributed by atoms with Gasteiger partial charge in [0.25, 0.3) is 0 Å². The van der Waals surface area contributed by atoms with Crippen molar-refractivity contribution in [1.29, 1.82) is 0 Å². The number of carbonyl (C=O) groups excluding carboxylic acids is 1. The van der Waals surface area contributed by atoms with Crippen LogP contribution in [0.4, 0.5) is 0 Å². The highest BCUT2D eigenvalue weighted by atomic mass is 16.5. The highest BCUT2D eigenvalue weighted by molar-refractivity contribution is 5.81. The van der Waals surface area contributed by atoms with Crippen molar-refractivity contribution < 1.29 is 24.1 Å². The van der Waals surface area contributed by atoms with Crippen LogP contribution in [-0.4, -0.2) is 31.4 Å². The summed E-state index contributed by atoms with van der Waals surface area (Å²) < 4.78 is 15.3. The molecule has 0 amide bonds. The first-order valence-electron chi connectivity index (χ1n) is 5.95. The van der Waals surface area contributed by atoms with Crippen molar-refractivity contribution in [3.05, 3.63) is 35.9 Å². The lowest BCUT2D eigenvalue weighted by molar-refractivity contribution is -0.137. The first kappa shape index (κ1) is 15.0. The van der Waals surface area contributed by atoms with Crippen molar-refractivity contribution in [3.8, 4) is 11.5 Å². The van der Waals surface area contributed by atoms with Crippen LogP contribution in [-0.2, 0) is 16.1 Å². The van der Waals surface area contributed by atoms with Crippen LogP contribution in [0.5, 0.6) is 11.5 Å². The van der Waals surface area contributed by atoms with E-state index in [0.717, 1.165) is 5.56 Å². The number of methoxy groups -OCH3 is 1. The Kier molecular flexibility index (Phi) is 6.46. The monoisotopic (exact) mass is 266 g/mol. The van der Waals surface area contributed by atoms with Crippen LogP contribution < -0.4 is 9.47 Å². The number of aliphatic hydroxyl groups excluding tert-OH is 1. The minimum Gasteiger partial charge on any atom is -0.493 e. The van der Waals surface area contributed by atoms with Crippen molar-refractivity contribution in [2.24, 2.45) is 0 Å². The van der Waals surface area contributed by atoms with Gasteiger partial charge in [0.15, 0.2) is 11.5 Å². The van der Waals surface area contributed by atoms with Crippen molar-refractivity contribution in [2.45, 2.75) is 13.5 Å². The van der Waals surface area contributed by atoms with Gasteiger partial charge in [-0.05, 0) is 30.7 Å². The Hall–Kier alpha value is -2.01. The Labute approximate surface area is 112 Å². The Balaban J connectivity index is 2.55. The number of benzene rings is 1. The summed E-state index contributed by atoms with van der Waals surface area (Å²) in [5.74, 6) is 0.693. The SMILES string of the molecule is CCOC(=O)/C=C/COc1ccc(CO)cc1OC. The van der Waals surface area contributed by atoms with E-state index in [2.05, 4.69) is 0 Å². The van der Waals surface area contributed by atoms with Gasteiger partial charge < -0.3 is 19.3 Å². The van der Waals surface area contributed by atoms with Gasteiger partial charge in [-0.2, -0.15) is 0 Å². The summed E-state index contributed by atoms with van der Waals surface area (Å²) in [5.41, 5.74) is 0.742. The number of esters is 1. The molecule has 0 saturated carbocycles. The maximum absolute atomic E-state index is 11.0. The second kappa shape index (κ2) is 8.16. The van der Waals surface area contributed by atoms with Gasteiger partial charge in [-0.3, -0.25) is 0 Å². The molecule has 0 spiro atoms. The summed E-state index contributed by atoms with van der Waals surface area (Å²) in [6.45, 7) is 2.27. The standard InChI is InChI=1S/C14H18O5/c1-3-18-14(16)5-4-8-19-12-7-6-11(10-15)9-13(12)17-2/h4-7,9,15H,3,8,10H2,1-2H3/b5-4+. The largest absolute Gasteiger partial charge is 0.493 e. The first-order valence-corrected chi connectivity index (χ1v) is 5.95. The minimum atomic E-state index is -0.395. The molecule has 1 aromatic rings. The van der Waals surface area contributed by atoms with Gasteiger partial charge in [0.1, 0.15) is 6.61 Å². The number of rotatable bonds is 7. The van der Waals surface area contributed by atoms with Crippen LogP contribution in [0.2, 0.25) is 0 Å². The van der Waals surface area contributed by atoms with Gasteiger partial charge in [0, 0.05) is 6.08 Å². The van der Waals surface area contributed by atoms with E-state index in [9.17, 15) is 4.79 Å². The number of aliphatic hydroxyl groups is 1. The molecular weight excluding hydrogens is 248 g/mol. The molecule has 0 unspecified atom stereocenters. The van der Waals surface area contributed by atoms with E-state index in [4.69, 9.17) is 19.3 Å². The van der Waals surface area contributed by atoms with E-state index in [-0.39, 0.29) is 13.2 Å². The third-order valence-corrected chi connectivity index (χ3v) is 2.29. The topological polar surface area (TPSA) is 65.0 Å². The molecule has 0 aliphatic carbocycles. The Morgan fingerprint density at radius 1 is 1.37 bits per heavy atom. The first-order chi connectivity index (χ1) is 9.21. The van der Waals surface area contributed by atoms with Crippen molar-refractivity contribution >= 4 is 5.97 Å². The average molecular weight is 266 g/mol. The lowest BCUT2D eigenvalue weighted by Crippen LogP contribution is -2.01. The third-order valence-electron chi connectivity index (χ3n) is 2.29. The molecule has 1 aromatic carbocycles. The molecule has 5 nitrogen and oxygen atoms in total. The molecule has 0 radical (unpaired) electrons. The van der Waals surface area contributed by atoms with Crippen LogP contribution >= 0.6 is 0 Å². The van der Waals surface area contributed by atoms with E-state index in [1.54, 1.807) is 31.2 Å². The zero-order chi connectivity index (χ0) is 14.1. The van der Waals surface area contributed by atoms with Gasteiger partial charge in [-0.15, -0.1) is 0 Å². The summed E-state index contributed by atoms with van der Waals surface area (Å²) in [6.07, 6.45) is 2.88. The Morgan fingerprint density at radius 2 is 2.16 bits per heavy atom. The molecule has 19 heavy (non-hydrogen) atoms. The molecule has 0 atom stereocenters. The molecule has 104 valence electrons. The van der Waals surface area contributed by atoms with Crippen molar-refractivity contribution in [2.75, 3.05) is 20.3 Å². The fourth-order valence-corrected chi connectivity index (χ4v) is 1.40. The Bertz CT molecular complexity index is 439. The summed E-state index contributed by atoms with van der Waals surface area (Å²) in [7, 11) is 1.53. The number of hydrogen-bond acceptors (Lipinski definition) is 5. The van der Waals surface area contributed by atoms with Gasteiger partial charge in [-0.1, -0.05) is 6.07 Å². The minimum absolute atomic E-state index is 0.0561. The second-order valence-corrected chi connectivity index (χ2v) is 3.61. The van der Waals surface area contributed by atoms with E-state index >= 15 is 0 Å². The normalized spacial score (nSPS) is 10.5. The smallest absolute Gasteiger partial charge is 0.330 e. The zero-order valence-electron chi connectivity index (χ0n) is 11.1. The molecule has 5 heteroatoms. The molecule has 0 fully saturated rings. The predicted octanol–water partition coefficient (Wildman–Crippen LogP) is 1.69. The van der Waals surface area contributed by atoms with Gasteiger partial charge in [0.2, 0.25) is 0 Å². The maximum atomic E-state index is 11.0. The quantitative estimate of drug-likeness (QED) is 0.601. The van der Waals surface area contributed by atoms with Crippen molar-refractivity contribution in [3.63, 3.8) is 0 Å². The molecule has 1 rings (SSSR count). The number of ether oxygens (including phenoxy) is 3. The highest BCUT2D eigenvalue weighted by Crippen LogP contribution is 2.27. The van der Waals surface area contributed by atoms with Crippen LogP contribution in [0, 0.1) is 0 Å². The van der Waals surface area contributed by atoms with Crippen LogP contribution in [0.3, 0.4) is 0 Å². The summed E-state index contributed by atoms with van der Waals surface area (Å²) >= 11 is 0.